The molecule has 0 fully saturated rings. The summed E-state index contributed by atoms with van der Waals surface area (Å²) < 4.78 is 14.9. The third-order valence-electron chi connectivity index (χ3n) is 3.29. The van der Waals surface area contributed by atoms with Crippen LogP contribution in [0.4, 0.5) is 5.69 Å². The molecule has 0 atom stereocenters. The molecule has 0 heterocycles. The SMILES string of the molecule is COC(=O)c1ccc(OC(=O)/C=C/c2cccc([N+](=O)[O-])c2)c(OC)c1. The van der Waals surface area contributed by atoms with Gasteiger partial charge in [0, 0.05) is 18.2 Å². The molecule has 134 valence electrons. The predicted octanol–water partition coefficient (Wildman–Crippen LogP) is 3.01. The maximum Gasteiger partial charge on any atom is 0.337 e. The van der Waals surface area contributed by atoms with Crippen LogP contribution in [-0.4, -0.2) is 31.1 Å². The van der Waals surface area contributed by atoms with Crippen molar-refractivity contribution in [2.24, 2.45) is 0 Å². The molecule has 0 aliphatic carbocycles. The van der Waals surface area contributed by atoms with Crippen LogP contribution in [0.5, 0.6) is 11.5 Å². The largest absolute Gasteiger partial charge is 0.493 e. The molecule has 0 unspecified atom stereocenters. The van der Waals surface area contributed by atoms with Gasteiger partial charge in [-0.1, -0.05) is 12.1 Å². The van der Waals surface area contributed by atoms with Crippen LogP contribution < -0.4 is 9.47 Å². The average molecular weight is 357 g/mol. The molecule has 0 bridgehead atoms. The van der Waals surface area contributed by atoms with Crippen LogP contribution in [0, 0.1) is 10.1 Å². The average Bonchev–Trinajstić information content (AvgIpc) is 2.66. The smallest absolute Gasteiger partial charge is 0.337 e. The van der Waals surface area contributed by atoms with Crippen molar-refractivity contribution in [3.8, 4) is 11.5 Å². The summed E-state index contributed by atoms with van der Waals surface area (Å²) >= 11 is 0. The zero-order valence-corrected chi connectivity index (χ0v) is 14.0. The number of nitro groups is 1. The zero-order valence-electron chi connectivity index (χ0n) is 14.0. The number of esters is 2. The van der Waals surface area contributed by atoms with Gasteiger partial charge >= 0.3 is 11.9 Å². The number of benzene rings is 2. The molecule has 0 spiro atoms. The molecule has 0 aromatic heterocycles. The van der Waals surface area contributed by atoms with E-state index in [0.29, 0.717) is 5.56 Å². The Bertz CT molecular complexity index is 874. The fourth-order valence-corrected chi connectivity index (χ4v) is 2.05. The zero-order chi connectivity index (χ0) is 19.1. The number of methoxy groups -OCH3 is 2. The fourth-order valence-electron chi connectivity index (χ4n) is 2.05. The Morgan fingerprint density at radius 3 is 2.50 bits per heavy atom. The van der Waals surface area contributed by atoms with Gasteiger partial charge < -0.3 is 14.2 Å². The Morgan fingerprint density at radius 2 is 1.85 bits per heavy atom. The van der Waals surface area contributed by atoms with Gasteiger partial charge in [-0.05, 0) is 29.8 Å². The second-order valence-corrected chi connectivity index (χ2v) is 4.96. The van der Waals surface area contributed by atoms with Crippen molar-refractivity contribution in [3.63, 3.8) is 0 Å². The minimum atomic E-state index is -0.708. The van der Waals surface area contributed by atoms with Crippen molar-refractivity contribution in [2.45, 2.75) is 0 Å². The molecular weight excluding hydrogens is 342 g/mol. The van der Waals surface area contributed by atoms with Crippen molar-refractivity contribution in [1.29, 1.82) is 0 Å². The van der Waals surface area contributed by atoms with E-state index in [2.05, 4.69) is 4.74 Å². The van der Waals surface area contributed by atoms with Crippen LogP contribution in [-0.2, 0) is 9.53 Å². The summed E-state index contributed by atoms with van der Waals surface area (Å²) in [5.41, 5.74) is 0.640. The van der Waals surface area contributed by atoms with Crippen molar-refractivity contribution in [3.05, 3.63) is 69.8 Å². The van der Waals surface area contributed by atoms with Gasteiger partial charge in [-0.2, -0.15) is 0 Å². The minimum absolute atomic E-state index is 0.0828. The molecule has 26 heavy (non-hydrogen) atoms. The highest BCUT2D eigenvalue weighted by molar-refractivity contribution is 5.91. The number of non-ortho nitro benzene ring substituents is 1. The highest BCUT2D eigenvalue weighted by atomic mass is 16.6. The number of ether oxygens (including phenoxy) is 3. The number of hydrogen-bond acceptors (Lipinski definition) is 7. The molecular formula is C18H15NO7. The van der Waals surface area contributed by atoms with Gasteiger partial charge in [0.2, 0.25) is 0 Å². The Labute approximate surface area is 148 Å². The van der Waals surface area contributed by atoms with Gasteiger partial charge in [0.25, 0.3) is 5.69 Å². The van der Waals surface area contributed by atoms with Gasteiger partial charge in [0.1, 0.15) is 0 Å². The molecule has 2 aromatic carbocycles. The van der Waals surface area contributed by atoms with Gasteiger partial charge in [-0.15, -0.1) is 0 Å². The molecule has 0 saturated heterocycles. The monoisotopic (exact) mass is 357 g/mol. The highest BCUT2D eigenvalue weighted by Crippen LogP contribution is 2.28. The van der Waals surface area contributed by atoms with Crippen molar-refractivity contribution >= 4 is 23.7 Å². The molecule has 8 nitrogen and oxygen atoms in total. The third kappa shape index (κ3) is 4.67. The van der Waals surface area contributed by atoms with E-state index in [0.717, 1.165) is 6.08 Å². The first-order chi connectivity index (χ1) is 12.4. The van der Waals surface area contributed by atoms with E-state index in [-0.39, 0.29) is 22.7 Å². The van der Waals surface area contributed by atoms with Crippen molar-refractivity contribution in [2.75, 3.05) is 14.2 Å². The van der Waals surface area contributed by atoms with E-state index in [9.17, 15) is 19.7 Å². The van der Waals surface area contributed by atoms with E-state index in [1.165, 1.54) is 56.7 Å². The number of nitrogens with zero attached hydrogens (tertiary/aromatic N) is 1. The summed E-state index contributed by atoms with van der Waals surface area (Å²) in [6.45, 7) is 0. The molecule has 0 saturated carbocycles. The molecule has 0 aliphatic heterocycles. The summed E-state index contributed by atoms with van der Waals surface area (Å²) in [6.07, 6.45) is 2.53. The van der Waals surface area contributed by atoms with Crippen LogP contribution in [0.1, 0.15) is 15.9 Å². The Hall–Kier alpha value is -3.68. The lowest BCUT2D eigenvalue weighted by atomic mass is 10.2. The second kappa shape index (κ2) is 8.43. The van der Waals surface area contributed by atoms with E-state index >= 15 is 0 Å². The van der Waals surface area contributed by atoms with Crippen LogP contribution in [0.25, 0.3) is 6.08 Å². The Kier molecular flexibility index (Phi) is 6.05. The number of carbonyl (C=O) groups excluding carboxylic acids is 2. The predicted molar refractivity (Wildman–Crippen MR) is 92.1 cm³/mol. The minimum Gasteiger partial charge on any atom is -0.493 e. The maximum atomic E-state index is 12.0. The lowest BCUT2D eigenvalue weighted by Gasteiger charge is -2.09. The van der Waals surface area contributed by atoms with Crippen molar-refractivity contribution in [1.82, 2.24) is 0 Å². The summed E-state index contributed by atoms with van der Waals surface area (Å²) in [6, 6.07) is 10.0. The van der Waals surface area contributed by atoms with E-state index in [1.54, 1.807) is 6.07 Å². The van der Waals surface area contributed by atoms with E-state index < -0.39 is 16.9 Å². The lowest BCUT2D eigenvalue weighted by Crippen LogP contribution is -2.07. The Morgan fingerprint density at radius 1 is 1.08 bits per heavy atom. The van der Waals surface area contributed by atoms with Crippen LogP contribution in [0.2, 0.25) is 0 Å². The second-order valence-electron chi connectivity index (χ2n) is 4.96. The molecule has 0 N–H and O–H groups in total. The molecule has 8 heteroatoms. The quantitative estimate of drug-likeness (QED) is 0.257. The molecule has 0 aliphatic rings. The molecule has 0 radical (unpaired) electrons. The molecule has 2 aromatic rings. The number of hydrogen-bond donors (Lipinski definition) is 0. The van der Waals surface area contributed by atoms with Gasteiger partial charge in [-0.3, -0.25) is 10.1 Å². The van der Waals surface area contributed by atoms with Crippen LogP contribution >= 0.6 is 0 Å². The van der Waals surface area contributed by atoms with Crippen LogP contribution in [0.15, 0.2) is 48.5 Å². The standard InChI is InChI=1S/C18H15NO7/c1-24-16-11-13(18(21)25-2)7-8-15(16)26-17(20)9-6-12-4-3-5-14(10-12)19(22)23/h3-11H,1-2H3/b9-6+. The number of nitro benzene ring substituents is 1. The first-order valence-electron chi connectivity index (χ1n) is 7.35. The summed E-state index contributed by atoms with van der Waals surface area (Å²) in [7, 11) is 2.62. The van der Waals surface area contributed by atoms with E-state index in [4.69, 9.17) is 9.47 Å². The molecule has 0 amide bonds. The fraction of sp³-hybridized carbons (Fsp3) is 0.111. The summed E-state index contributed by atoms with van der Waals surface area (Å²) in [5, 5.41) is 10.7. The summed E-state index contributed by atoms with van der Waals surface area (Å²) in [4.78, 5) is 33.7. The Balaban J connectivity index is 2.13. The lowest BCUT2D eigenvalue weighted by molar-refractivity contribution is -0.384. The number of rotatable bonds is 6. The maximum absolute atomic E-state index is 12.0. The first kappa shape index (κ1) is 18.7. The van der Waals surface area contributed by atoms with Crippen LogP contribution in [0.3, 0.4) is 0 Å². The number of carbonyl (C=O) groups is 2. The highest BCUT2D eigenvalue weighted by Gasteiger charge is 2.13. The third-order valence-corrected chi connectivity index (χ3v) is 3.29. The van der Waals surface area contributed by atoms with Gasteiger partial charge in [-0.25, -0.2) is 9.59 Å². The topological polar surface area (TPSA) is 105 Å². The van der Waals surface area contributed by atoms with Gasteiger partial charge in [0.15, 0.2) is 11.5 Å². The summed E-state index contributed by atoms with van der Waals surface area (Å²) in [5.74, 6) is -0.953. The van der Waals surface area contributed by atoms with Crippen molar-refractivity contribution < 1.29 is 28.7 Å². The van der Waals surface area contributed by atoms with E-state index in [1.807, 2.05) is 0 Å². The first-order valence-corrected chi connectivity index (χ1v) is 7.35. The van der Waals surface area contributed by atoms with Gasteiger partial charge in [0.05, 0.1) is 24.7 Å². The normalized spacial score (nSPS) is 10.4. The molecule has 2 rings (SSSR count).